The highest BCUT2D eigenvalue weighted by atomic mass is 16.5. The van der Waals surface area contributed by atoms with Crippen LogP contribution in [0.1, 0.15) is 27.2 Å². The van der Waals surface area contributed by atoms with Crippen molar-refractivity contribution in [2.24, 2.45) is 0 Å². The van der Waals surface area contributed by atoms with E-state index < -0.39 is 0 Å². The van der Waals surface area contributed by atoms with Gasteiger partial charge in [0, 0.05) is 44.0 Å². The number of carbonyl (C=O) groups is 2. The molecule has 0 radical (unpaired) electrons. The van der Waals surface area contributed by atoms with Gasteiger partial charge in [0.1, 0.15) is 11.5 Å². The number of hydrogen-bond acceptors (Lipinski definition) is 5. The summed E-state index contributed by atoms with van der Waals surface area (Å²) in [6.45, 7) is 4.14. The van der Waals surface area contributed by atoms with Crippen molar-refractivity contribution in [2.45, 2.75) is 20.4 Å². The van der Waals surface area contributed by atoms with Crippen LogP contribution in [0.2, 0.25) is 0 Å². The molecule has 2 rings (SSSR count). The van der Waals surface area contributed by atoms with Gasteiger partial charge < -0.3 is 19.3 Å². The second-order valence-electron chi connectivity index (χ2n) is 6.81. The molecule has 0 saturated carbocycles. The minimum Gasteiger partial charge on any atom is -0.496 e. The van der Waals surface area contributed by atoms with Crippen molar-refractivity contribution in [3.05, 3.63) is 52.8 Å². The standard InChI is InChI=1S/C21H27N3O4/c1-14-11-22-18(15(2)20(14)27-6)12-24(5)21(26)16-8-7-9-17(10-16)28-13-19(25)23(3)4/h7-11H,12-13H2,1-6H3. The molecule has 0 unspecified atom stereocenters. The molecule has 0 aliphatic rings. The Labute approximate surface area is 165 Å². The quantitative estimate of drug-likeness (QED) is 0.732. The van der Waals surface area contributed by atoms with E-state index in [1.807, 2.05) is 13.8 Å². The van der Waals surface area contributed by atoms with E-state index in [4.69, 9.17) is 9.47 Å². The molecular formula is C21H27N3O4. The van der Waals surface area contributed by atoms with Crippen LogP contribution in [0, 0.1) is 13.8 Å². The summed E-state index contributed by atoms with van der Waals surface area (Å²) in [7, 11) is 6.67. The first-order valence-electron chi connectivity index (χ1n) is 8.92. The molecule has 2 aromatic rings. The van der Waals surface area contributed by atoms with Gasteiger partial charge in [-0.05, 0) is 32.0 Å². The maximum Gasteiger partial charge on any atom is 0.259 e. The van der Waals surface area contributed by atoms with E-state index >= 15 is 0 Å². The second kappa shape index (κ2) is 9.21. The van der Waals surface area contributed by atoms with Crippen LogP contribution in [0.4, 0.5) is 0 Å². The van der Waals surface area contributed by atoms with Gasteiger partial charge in [-0.25, -0.2) is 0 Å². The summed E-state index contributed by atoms with van der Waals surface area (Å²) in [6.07, 6.45) is 1.75. The Hall–Kier alpha value is -3.09. The number of rotatable bonds is 7. The van der Waals surface area contributed by atoms with Crippen molar-refractivity contribution in [1.82, 2.24) is 14.8 Å². The largest absolute Gasteiger partial charge is 0.496 e. The number of aromatic nitrogens is 1. The van der Waals surface area contributed by atoms with Crippen LogP contribution in [0.15, 0.2) is 30.5 Å². The maximum absolute atomic E-state index is 12.8. The Balaban J connectivity index is 2.11. The van der Waals surface area contributed by atoms with Crippen molar-refractivity contribution in [1.29, 1.82) is 0 Å². The zero-order valence-corrected chi connectivity index (χ0v) is 17.3. The number of ether oxygens (including phenoxy) is 2. The first-order chi connectivity index (χ1) is 13.2. The molecule has 0 N–H and O–H groups in total. The van der Waals surface area contributed by atoms with Gasteiger partial charge in [-0.1, -0.05) is 6.07 Å². The average molecular weight is 385 g/mol. The summed E-state index contributed by atoms with van der Waals surface area (Å²) < 4.78 is 10.9. The summed E-state index contributed by atoms with van der Waals surface area (Å²) in [5, 5.41) is 0. The number of carbonyl (C=O) groups excluding carboxylic acids is 2. The van der Waals surface area contributed by atoms with Crippen LogP contribution < -0.4 is 9.47 Å². The highest BCUT2D eigenvalue weighted by molar-refractivity contribution is 5.94. The molecule has 150 valence electrons. The predicted octanol–water partition coefficient (Wildman–Crippen LogP) is 2.45. The third-order valence-electron chi connectivity index (χ3n) is 4.43. The Bertz CT molecular complexity index is 865. The van der Waals surface area contributed by atoms with Crippen molar-refractivity contribution in [2.75, 3.05) is 34.9 Å². The second-order valence-corrected chi connectivity index (χ2v) is 6.81. The van der Waals surface area contributed by atoms with Gasteiger partial charge in [0.15, 0.2) is 6.61 Å². The summed E-state index contributed by atoms with van der Waals surface area (Å²) in [5.41, 5.74) is 3.13. The first kappa shape index (κ1) is 21.2. The van der Waals surface area contributed by atoms with Gasteiger partial charge in [-0.3, -0.25) is 14.6 Å². The topological polar surface area (TPSA) is 72.0 Å². The maximum atomic E-state index is 12.8. The fraction of sp³-hybridized carbons (Fsp3) is 0.381. The van der Waals surface area contributed by atoms with Crippen LogP contribution in [-0.2, 0) is 11.3 Å². The number of likely N-dealkylation sites (N-methyl/N-ethyl adjacent to an activating group) is 1. The van der Waals surface area contributed by atoms with E-state index in [0.717, 1.165) is 22.6 Å². The summed E-state index contributed by atoms with van der Waals surface area (Å²) in [6, 6.07) is 6.80. The summed E-state index contributed by atoms with van der Waals surface area (Å²) in [5.74, 6) is 0.946. The lowest BCUT2D eigenvalue weighted by atomic mass is 10.1. The molecule has 0 bridgehead atoms. The van der Waals surface area contributed by atoms with Crippen molar-refractivity contribution >= 4 is 11.8 Å². The monoisotopic (exact) mass is 385 g/mol. The van der Waals surface area contributed by atoms with Crippen LogP contribution in [-0.4, -0.2) is 61.5 Å². The number of benzene rings is 1. The number of methoxy groups -OCH3 is 1. The number of hydrogen-bond donors (Lipinski definition) is 0. The lowest BCUT2D eigenvalue weighted by Crippen LogP contribution is -2.28. The van der Waals surface area contributed by atoms with E-state index in [-0.39, 0.29) is 18.4 Å². The Morgan fingerprint density at radius 3 is 2.50 bits per heavy atom. The van der Waals surface area contributed by atoms with Crippen molar-refractivity contribution in [3.8, 4) is 11.5 Å². The van der Waals surface area contributed by atoms with E-state index in [0.29, 0.717) is 17.9 Å². The molecule has 1 aromatic carbocycles. The van der Waals surface area contributed by atoms with Crippen LogP contribution >= 0.6 is 0 Å². The highest BCUT2D eigenvalue weighted by Crippen LogP contribution is 2.25. The molecule has 0 atom stereocenters. The molecule has 0 aliphatic heterocycles. The fourth-order valence-electron chi connectivity index (χ4n) is 2.74. The lowest BCUT2D eigenvalue weighted by molar-refractivity contribution is -0.130. The molecule has 7 heteroatoms. The Kier molecular flexibility index (Phi) is 6.98. The smallest absolute Gasteiger partial charge is 0.259 e. The predicted molar refractivity (Wildman–Crippen MR) is 107 cm³/mol. The molecule has 7 nitrogen and oxygen atoms in total. The van der Waals surface area contributed by atoms with Gasteiger partial charge in [0.25, 0.3) is 11.8 Å². The Morgan fingerprint density at radius 1 is 1.14 bits per heavy atom. The highest BCUT2D eigenvalue weighted by Gasteiger charge is 2.17. The SMILES string of the molecule is COc1c(C)cnc(CN(C)C(=O)c2cccc(OCC(=O)N(C)C)c2)c1C. The lowest BCUT2D eigenvalue weighted by Gasteiger charge is -2.20. The number of aryl methyl sites for hydroxylation is 1. The van der Waals surface area contributed by atoms with E-state index in [9.17, 15) is 9.59 Å². The molecule has 0 spiro atoms. The average Bonchev–Trinajstić information content (AvgIpc) is 2.68. The molecule has 2 amide bonds. The molecule has 1 aromatic heterocycles. The van der Waals surface area contributed by atoms with Gasteiger partial charge in [-0.15, -0.1) is 0 Å². The molecule has 1 heterocycles. The summed E-state index contributed by atoms with van der Waals surface area (Å²) >= 11 is 0. The summed E-state index contributed by atoms with van der Waals surface area (Å²) in [4.78, 5) is 32.0. The molecule has 28 heavy (non-hydrogen) atoms. The third kappa shape index (κ3) is 5.00. The fourth-order valence-corrected chi connectivity index (χ4v) is 2.74. The number of nitrogens with zero attached hydrogens (tertiary/aromatic N) is 3. The van der Waals surface area contributed by atoms with Crippen molar-refractivity contribution < 1.29 is 19.1 Å². The van der Waals surface area contributed by atoms with E-state index in [1.165, 1.54) is 4.90 Å². The van der Waals surface area contributed by atoms with E-state index in [1.54, 1.807) is 63.6 Å². The Morgan fingerprint density at radius 2 is 1.86 bits per heavy atom. The number of pyridine rings is 1. The zero-order chi connectivity index (χ0) is 20.8. The molecule has 0 saturated heterocycles. The minimum atomic E-state index is -0.162. The van der Waals surface area contributed by atoms with Gasteiger partial charge in [0.05, 0.1) is 19.3 Å². The number of amides is 2. The van der Waals surface area contributed by atoms with Gasteiger partial charge in [-0.2, -0.15) is 0 Å². The van der Waals surface area contributed by atoms with Crippen molar-refractivity contribution in [3.63, 3.8) is 0 Å². The zero-order valence-electron chi connectivity index (χ0n) is 17.3. The van der Waals surface area contributed by atoms with E-state index in [2.05, 4.69) is 4.98 Å². The van der Waals surface area contributed by atoms with Crippen LogP contribution in [0.3, 0.4) is 0 Å². The first-order valence-corrected chi connectivity index (χ1v) is 8.92. The normalized spacial score (nSPS) is 10.4. The third-order valence-corrected chi connectivity index (χ3v) is 4.43. The minimum absolute atomic E-state index is 0.0766. The molecule has 0 aliphatic carbocycles. The van der Waals surface area contributed by atoms with Gasteiger partial charge >= 0.3 is 0 Å². The van der Waals surface area contributed by atoms with Gasteiger partial charge in [0.2, 0.25) is 0 Å². The molecule has 0 fully saturated rings. The van der Waals surface area contributed by atoms with Crippen LogP contribution in [0.5, 0.6) is 11.5 Å². The van der Waals surface area contributed by atoms with Crippen LogP contribution in [0.25, 0.3) is 0 Å². The molecular weight excluding hydrogens is 358 g/mol.